The van der Waals surface area contributed by atoms with Gasteiger partial charge >= 0.3 is 0 Å². The molecule has 0 aromatic heterocycles. The van der Waals surface area contributed by atoms with Crippen LogP contribution in [-0.4, -0.2) is 40.0 Å². The van der Waals surface area contributed by atoms with E-state index >= 15 is 0 Å². The van der Waals surface area contributed by atoms with Crippen molar-refractivity contribution in [2.45, 2.75) is 19.8 Å². The number of thioether (sulfide) groups is 1. The monoisotopic (exact) mass is 316 g/mol. The number of ketones is 1. The van der Waals surface area contributed by atoms with Gasteiger partial charge in [0.2, 0.25) is 0 Å². The van der Waals surface area contributed by atoms with E-state index in [1.807, 2.05) is 0 Å². The average Bonchev–Trinajstić information content (AvgIpc) is 3.11. The molecule has 3 rings (SSSR count). The molecular weight excluding hydrogens is 300 g/mol. The van der Waals surface area contributed by atoms with Gasteiger partial charge < -0.3 is 10.0 Å². The van der Waals surface area contributed by atoms with Gasteiger partial charge in [0, 0.05) is 24.2 Å². The lowest BCUT2D eigenvalue weighted by Crippen LogP contribution is -2.23. The number of phenols is 1. The molecule has 1 N–H and O–H groups in total. The Balaban J connectivity index is 1.86. The van der Waals surface area contributed by atoms with Crippen molar-refractivity contribution in [3.63, 3.8) is 0 Å². The van der Waals surface area contributed by atoms with Crippen LogP contribution in [0.1, 0.15) is 35.7 Å². The van der Waals surface area contributed by atoms with Crippen LogP contribution >= 0.6 is 11.8 Å². The van der Waals surface area contributed by atoms with Crippen LogP contribution < -0.4 is 0 Å². The van der Waals surface area contributed by atoms with Crippen molar-refractivity contribution < 1.29 is 14.7 Å². The van der Waals surface area contributed by atoms with Crippen LogP contribution in [0.2, 0.25) is 0 Å². The quantitative estimate of drug-likeness (QED) is 0.671. The molecule has 2 aliphatic heterocycles. The van der Waals surface area contributed by atoms with Gasteiger partial charge in [-0.15, -0.1) is 0 Å². The summed E-state index contributed by atoms with van der Waals surface area (Å²) in [5.41, 5.74) is 0.960. The highest BCUT2D eigenvalue weighted by Crippen LogP contribution is 2.33. The number of carbonyl (C=O) groups excluding carboxylic acids is 2. The molecule has 0 unspecified atom stereocenters. The topological polar surface area (TPSA) is 70.0 Å². The molecule has 22 heavy (non-hydrogen) atoms. The normalized spacial score (nSPS) is 19.9. The van der Waals surface area contributed by atoms with Gasteiger partial charge in [-0.1, -0.05) is 0 Å². The molecule has 6 heteroatoms. The second kappa shape index (κ2) is 5.96. The van der Waals surface area contributed by atoms with Crippen LogP contribution in [-0.2, 0) is 4.79 Å². The molecule has 5 nitrogen and oxygen atoms in total. The van der Waals surface area contributed by atoms with Crippen LogP contribution in [0.4, 0.5) is 0 Å². The number of hydrogen-bond acceptors (Lipinski definition) is 5. The molecular formula is C16H16N2O3S. The minimum absolute atomic E-state index is 0.0422. The average molecular weight is 316 g/mol. The number of aliphatic imine (C=N–C) groups is 1. The summed E-state index contributed by atoms with van der Waals surface area (Å²) in [4.78, 5) is 30.1. The minimum Gasteiger partial charge on any atom is -0.507 e. The zero-order valence-corrected chi connectivity index (χ0v) is 13.0. The first-order valence-corrected chi connectivity index (χ1v) is 7.98. The summed E-state index contributed by atoms with van der Waals surface area (Å²) in [5, 5.41) is 10.6. The van der Waals surface area contributed by atoms with Crippen LogP contribution in [0, 0.1) is 0 Å². The van der Waals surface area contributed by atoms with E-state index in [2.05, 4.69) is 9.89 Å². The maximum atomic E-state index is 12.0. The van der Waals surface area contributed by atoms with Gasteiger partial charge in [-0.2, -0.15) is 4.99 Å². The van der Waals surface area contributed by atoms with E-state index in [1.165, 1.54) is 24.8 Å². The van der Waals surface area contributed by atoms with Gasteiger partial charge in [0.25, 0.3) is 5.91 Å². The fourth-order valence-corrected chi connectivity index (χ4v) is 3.43. The molecule has 0 aliphatic carbocycles. The molecule has 1 fully saturated rings. The predicted octanol–water partition coefficient (Wildman–Crippen LogP) is 2.66. The van der Waals surface area contributed by atoms with E-state index in [1.54, 1.807) is 18.2 Å². The van der Waals surface area contributed by atoms with E-state index in [0.29, 0.717) is 16.0 Å². The molecule has 2 aliphatic rings. The minimum atomic E-state index is -0.292. The van der Waals surface area contributed by atoms with Gasteiger partial charge in [0.05, 0.1) is 4.91 Å². The summed E-state index contributed by atoms with van der Waals surface area (Å²) >= 11 is 1.33. The van der Waals surface area contributed by atoms with Crippen molar-refractivity contribution in [1.29, 1.82) is 0 Å². The molecule has 0 radical (unpaired) electrons. The third kappa shape index (κ3) is 2.92. The predicted molar refractivity (Wildman–Crippen MR) is 86.9 cm³/mol. The fourth-order valence-electron chi connectivity index (χ4n) is 2.47. The molecule has 1 aromatic rings. The third-order valence-corrected chi connectivity index (χ3v) is 4.75. The lowest BCUT2D eigenvalue weighted by atomic mass is 10.1. The molecule has 0 spiro atoms. The highest BCUT2D eigenvalue weighted by Gasteiger charge is 2.27. The standard InChI is InChI=1S/C16H16N2O3S/c1-10(19)11-4-5-13(20)12(8-11)9-14-15(21)17-16(22-14)18-6-2-3-7-18/h4-5,8-9,20H,2-3,6-7H2,1H3/b14-9-. The summed E-state index contributed by atoms with van der Waals surface area (Å²) in [6, 6.07) is 4.62. The van der Waals surface area contributed by atoms with Crippen molar-refractivity contribution in [3.05, 3.63) is 34.2 Å². The number of amides is 1. The molecule has 0 atom stereocenters. The Labute approximate surface area is 132 Å². The Kier molecular flexibility index (Phi) is 4.02. The Bertz CT molecular complexity index is 703. The maximum absolute atomic E-state index is 12.0. The van der Waals surface area contributed by atoms with Crippen molar-refractivity contribution >= 4 is 34.7 Å². The summed E-state index contributed by atoms with van der Waals surface area (Å²) < 4.78 is 0. The van der Waals surface area contributed by atoms with Gasteiger partial charge in [-0.05, 0) is 55.8 Å². The largest absolute Gasteiger partial charge is 0.507 e. The molecule has 0 saturated carbocycles. The van der Waals surface area contributed by atoms with Crippen molar-refractivity contribution in [2.75, 3.05) is 13.1 Å². The second-order valence-corrected chi connectivity index (χ2v) is 6.34. The van der Waals surface area contributed by atoms with Gasteiger partial charge in [0.1, 0.15) is 5.75 Å². The Morgan fingerprint density at radius 1 is 1.36 bits per heavy atom. The lowest BCUT2D eigenvalue weighted by Gasteiger charge is -2.14. The number of phenolic OH excluding ortho intramolecular Hbond substituents is 1. The number of likely N-dealkylation sites (tertiary alicyclic amines) is 1. The maximum Gasteiger partial charge on any atom is 0.286 e. The molecule has 0 bridgehead atoms. The van der Waals surface area contributed by atoms with Crippen molar-refractivity contribution in [3.8, 4) is 5.75 Å². The first-order valence-electron chi connectivity index (χ1n) is 7.16. The number of hydrogen-bond donors (Lipinski definition) is 1. The highest BCUT2D eigenvalue weighted by atomic mass is 32.2. The number of aromatic hydroxyl groups is 1. The van der Waals surface area contributed by atoms with E-state index in [9.17, 15) is 14.7 Å². The van der Waals surface area contributed by atoms with Crippen LogP contribution in [0.25, 0.3) is 6.08 Å². The zero-order valence-electron chi connectivity index (χ0n) is 12.2. The molecule has 114 valence electrons. The van der Waals surface area contributed by atoms with E-state index in [-0.39, 0.29) is 17.4 Å². The smallest absolute Gasteiger partial charge is 0.286 e. The number of rotatable bonds is 2. The van der Waals surface area contributed by atoms with Crippen LogP contribution in [0.5, 0.6) is 5.75 Å². The van der Waals surface area contributed by atoms with E-state index in [4.69, 9.17) is 0 Å². The SMILES string of the molecule is CC(=O)c1ccc(O)c(/C=C2\SC(N3CCCC3)=NC2=O)c1. The van der Waals surface area contributed by atoms with Gasteiger partial charge in [-0.25, -0.2) is 0 Å². The van der Waals surface area contributed by atoms with Gasteiger partial charge in [0.15, 0.2) is 11.0 Å². The summed E-state index contributed by atoms with van der Waals surface area (Å²) in [6.07, 6.45) is 3.84. The fraction of sp³-hybridized carbons (Fsp3) is 0.312. The van der Waals surface area contributed by atoms with Gasteiger partial charge in [-0.3, -0.25) is 9.59 Å². The van der Waals surface area contributed by atoms with Crippen LogP contribution in [0.15, 0.2) is 28.1 Å². The summed E-state index contributed by atoms with van der Waals surface area (Å²) in [6.45, 7) is 3.32. The molecule has 1 amide bonds. The van der Waals surface area contributed by atoms with Crippen molar-refractivity contribution in [2.24, 2.45) is 4.99 Å². The Hall–Kier alpha value is -2.08. The van der Waals surface area contributed by atoms with Crippen LogP contribution in [0.3, 0.4) is 0 Å². The third-order valence-electron chi connectivity index (χ3n) is 3.71. The second-order valence-electron chi connectivity index (χ2n) is 5.33. The number of Topliss-reactive ketones (excluding diaryl/α,β-unsaturated/α-hetero) is 1. The first-order chi connectivity index (χ1) is 10.5. The molecule has 2 heterocycles. The van der Waals surface area contributed by atoms with Crippen molar-refractivity contribution in [1.82, 2.24) is 4.90 Å². The lowest BCUT2D eigenvalue weighted by molar-refractivity contribution is -0.113. The highest BCUT2D eigenvalue weighted by molar-refractivity contribution is 8.18. The molecule has 1 aromatic carbocycles. The van der Waals surface area contributed by atoms with E-state index < -0.39 is 0 Å². The first kappa shape index (κ1) is 14.8. The number of amidine groups is 1. The Morgan fingerprint density at radius 2 is 2.09 bits per heavy atom. The Morgan fingerprint density at radius 3 is 2.77 bits per heavy atom. The zero-order chi connectivity index (χ0) is 15.7. The summed E-state index contributed by atoms with van der Waals surface area (Å²) in [7, 11) is 0. The number of benzene rings is 1. The summed E-state index contributed by atoms with van der Waals surface area (Å²) in [5.74, 6) is -0.334. The van der Waals surface area contributed by atoms with E-state index in [0.717, 1.165) is 31.1 Å². The number of nitrogens with zero attached hydrogens (tertiary/aromatic N) is 2. The molecule has 1 saturated heterocycles. The number of carbonyl (C=O) groups is 2.